The number of carbonyl (C=O) groups excluding carboxylic acids is 2. The molecule has 1 atom stereocenters. The van der Waals surface area contributed by atoms with Gasteiger partial charge >= 0.3 is 0 Å². The Morgan fingerprint density at radius 1 is 1.48 bits per heavy atom. The van der Waals surface area contributed by atoms with E-state index in [1.165, 1.54) is 6.20 Å². The van der Waals surface area contributed by atoms with Gasteiger partial charge in [0.15, 0.2) is 11.6 Å². The van der Waals surface area contributed by atoms with Gasteiger partial charge in [0.25, 0.3) is 0 Å². The second-order valence-corrected chi connectivity index (χ2v) is 5.36. The van der Waals surface area contributed by atoms with E-state index in [0.29, 0.717) is 17.0 Å². The minimum atomic E-state index is -0.559. The van der Waals surface area contributed by atoms with Crippen LogP contribution in [0.3, 0.4) is 0 Å². The van der Waals surface area contributed by atoms with Gasteiger partial charge in [-0.05, 0) is 25.0 Å². The third-order valence-corrected chi connectivity index (χ3v) is 3.49. The zero-order valence-electron chi connectivity index (χ0n) is 13.5. The quantitative estimate of drug-likeness (QED) is 0.225. The zero-order valence-corrected chi connectivity index (χ0v) is 13.5. The number of amides is 2. The molecule has 23 heavy (non-hydrogen) atoms. The number of unbranched alkanes of at least 4 members (excludes halogenated alkanes) is 2. The molecule has 1 aromatic heterocycles. The number of aromatic nitrogens is 1. The fraction of sp³-hybridized carbons (Fsp3) is 0.533. The van der Waals surface area contributed by atoms with Crippen molar-refractivity contribution < 1.29 is 19.9 Å². The normalized spacial score (nSPS) is 11.6. The minimum absolute atomic E-state index is 0.0491. The summed E-state index contributed by atoms with van der Waals surface area (Å²) in [5.74, 6) is -0.852. The number of nitrogens with zero attached hydrogens (tertiary/aromatic N) is 2. The Hall–Kier alpha value is -2.35. The van der Waals surface area contributed by atoms with Crippen molar-refractivity contribution >= 4 is 18.1 Å². The van der Waals surface area contributed by atoms with Crippen molar-refractivity contribution in [3.63, 3.8) is 0 Å². The van der Waals surface area contributed by atoms with E-state index < -0.39 is 5.92 Å². The highest BCUT2D eigenvalue weighted by Crippen LogP contribution is 2.23. The van der Waals surface area contributed by atoms with Crippen molar-refractivity contribution in [1.29, 1.82) is 0 Å². The van der Waals surface area contributed by atoms with Crippen LogP contribution in [0.4, 0.5) is 5.82 Å². The molecule has 1 aromatic rings. The lowest BCUT2D eigenvalue weighted by Crippen LogP contribution is -2.40. The number of hydrazine groups is 1. The molecule has 0 saturated heterocycles. The Bertz CT molecular complexity index is 524. The van der Waals surface area contributed by atoms with Gasteiger partial charge in [0.05, 0.1) is 12.5 Å². The topological polar surface area (TPSA) is 115 Å². The molecule has 0 saturated carbocycles. The largest absolute Gasteiger partial charge is 0.504 e. The number of rotatable bonds is 10. The average molecular weight is 324 g/mol. The van der Waals surface area contributed by atoms with Gasteiger partial charge in [-0.1, -0.05) is 26.2 Å². The Morgan fingerprint density at radius 3 is 2.87 bits per heavy atom. The molecule has 0 fully saturated rings. The first kappa shape index (κ1) is 18.7. The Balaban J connectivity index is 2.64. The van der Waals surface area contributed by atoms with E-state index in [1.54, 1.807) is 13.0 Å². The number of hydrogen-bond acceptors (Lipinski definition) is 6. The summed E-state index contributed by atoms with van der Waals surface area (Å²) in [6.07, 6.45) is 5.09. The van der Waals surface area contributed by atoms with E-state index in [-0.39, 0.29) is 30.4 Å². The lowest BCUT2D eigenvalue weighted by Gasteiger charge is -2.20. The highest BCUT2D eigenvalue weighted by atomic mass is 16.5. The molecule has 1 rings (SSSR count). The second kappa shape index (κ2) is 9.62. The number of hydrogen-bond donors (Lipinski definition) is 4. The Kier molecular flexibility index (Phi) is 7.82. The van der Waals surface area contributed by atoms with Crippen LogP contribution in [0.1, 0.15) is 38.2 Å². The van der Waals surface area contributed by atoms with Crippen LogP contribution in [0.15, 0.2) is 12.3 Å². The highest BCUT2D eigenvalue weighted by molar-refractivity contribution is 5.80. The summed E-state index contributed by atoms with van der Waals surface area (Å²) in [5, 5.41) is 19.6. The van der Waals surface area contributed by atoms with E-state index in [9.17, 15) is 19.9 Å². The van der Waals surface area contributed by atoms with Crippen LogP contribution in [0, 0.1) is 12.8 Å². The van der Waals surface area contributed by atoms with Crippen LogP contribution in [0.2, 0.25) is 0 Å². The molecule has 0 bridgehead atoms. The standard InChI is InChI=1S/C15H24N4O4/c1-3-4-5-6-12(9-19(23)10-20)15(22)18-17-14-13(21)11(2)7-8-16-14/h7-8,10,12,21,23H,3-6,9H2,1-2H3,(H,16,17)(H,18,22)/t12-/m1/s1. The third kappa shape index (κ3) is 6.11. The van der Waals surface area contributed by atoms with Crippen molar-refractivity contribution in [2.24, 2.45) is 5.92 Å². The van der Waals surface area contributed by atoms with Crippen molar-refractivity contribution in [2.75, 3.05) is 12.0 Å². The zero-order chi connectivity index (χ0) is 17.2. The van der Waals surface area contributed by atoms with E-state index in [1.807, 2.05) is 6.92 Å². The van der Waals surface area contributed by atoms with Crippen LogP contribution in [0.25, 0.3) is 0 Å². The summed E-state index contributed by atoms with van der Waals surface area (Å²) in [6, 6.07) is 1.64. The summed E-state index contributed by atoms with van der Waals surface area (Å²) in [6.45, 7) is 3.67. The molecule has 128 valence electrons. The predicted octanol–water partition coefficient (Wildman–Crippen LogP) is 1.58. The van der Waals surface area contributed by atoms with Gasteiger partial charge in [-0.25, -0.2) is 10.0 Å². The van der Waals surface area contributed by atoms with Crippen LogP contribution >= 0.6 is 0 Å². The number of hydroxylamine groups is 2. The number of aryl methyl sites for hydroxylation is 1. The summed E-state index contributed by atoms with van der Waals surface area (Å²) < 4.78 is 0. The number of anilines is 1. The monoisotopic (exact) mass is 324 g/mol. The first-order valence-corrected chi connectivity index (χ1v) is 7.60. The molecule has 0 aliphatic carbocycles. The van der Waals surface area contributed by atoms with Crippen molar-refractivity contribution in [3.8, 4) is 5.75 Å². The van der Waals surface area contributed by atoms with Gasteiger partial charge in [0, 0.05) is 6.20 Å². The van der Waals surface area contributed by atoms with E-state index >= 15 is 0 Å². The Morgan fingerprint density at radius 2 is 2.22 bits per heavy atom. The second-order valence-electron chi connectivity index (χ2n) is 5.36. The van der Waals surface area contributed by atoms with Crippen molar-refractivity contribution in [2.45, 2.75) is 39.5 Å². The summed E-state index contributed by atoms with van der Waals surface area (Å²) >= 11 is 0. The molecular weight excluding hydrogens is 300 g/mol. The molecule has 8 heteroatoms. The fourth-order valence-electron chi connectivity index (χ4n) is 2.08. The van der Waals surface area contributed by atoms with Gasteiger partial charge in [0.2, 0.25) is 12.3 Å². The summed E-state index contributed by atoms with van der Waals surface area (Å²) in [7, 11) is 0. The number of nitrogens with one attached hydrogen (secondary N) is 2. The maximum atomic E-state index is 12.2. The Labute approximate surface area is 135 Å². The lowest BCUT2D eigenvalue weighted by atomic mass is 10.0. The molecule has 1 heterocycles. The first-order chi connectivity index (χ1) is 11.0. The van der Waals surface area contributed by atoms with Crippen LogP contribution < -0.4 is 10.9 Å². The molecule has 2 amide bonds. The van der Waals surface area contributed by atoms with Crippen molar-refractivity contribution in [3.05, 3.63) is 17.8 Å². The molecular formula is C15H24N4O4. The predicted molar refractivity (Wildman–Crippen MR) is 84.6 cm³/mol. The van der Waals surface area contributed by atoms with Gasteiger partial charge in [-0.15, -0.1) is 0 Å². The summed E-state index contributed by atoms with van der Waals surface area (Å²) in [4.78, 5) is 26.7. The molecule has 8 nitrogen and oxygen atoms in total. The molecule has 0 spiro atoms. The molecule has 0 aliphatic heterocycles. The van der Waals surface area contributed by atoms with Crippen LogP contribution in [0.5, 0.6) is 5.75 Å². The van der Waals surface area contributed by atoms with Gasteiger partial charge in [-0.3, -0.25) is 25.6 Å². The first-order valence-electron chi connectivity index (χ1n) is 7.60. The molecule has 0 aliphatic rings. The average Bonchev–Trinajstić information content (AvgIpc) is 2.55. The van der Waals surface area contributed by atoms with Gasteiger partial charge < -0.3 is 5.11 Å². The summed E-state index contributed by atoms with van der Waals surface area (Å²) in [5.41, 5.74) is 5.65. The van der Waals surface area contributed by atoms with Crippen LogP contribution in [-0.2, 0) is 9.59 Å². The van der Waals surface area contributed by atoms with E-state index in [4.69, 9.17) is 0 Å². The number of pyridine rings is 1. The maximum absolute atomic E-state index is 12.2. The van der Waals surface area contributed by atoms with E-state index in [2.05, 4.69) is 15.8 Å². The SMILES string of the molecule is CCCCC[C@H](CN(O)C=O)C(=O)NNc1nccc(C)c1O. The molecule has 0 aromatic carbocycles. The van der Waals surface area contributed by atoms with Gasteiger partial charge in [-0.2, -0.15) is 0 Å². The lowest BCUT2D eigenvalue weighted by molar-refractivity contribution is -0.154. The fourth-order valence-corrected chi connectivity index (χ4v) is 2.08. The minimum Gasteiger partial charge on any atom is -0.504 e. The number of aromatic hydroxyl groups is 1. The number of carbonyl (C=O) groups is 2. The van der Waals surface area contributed by atoms with Gasteiger partial charge in [0.1, 0.15) is 0 Å². The third-order valence-electron chi connectivity index (χ3n) is 3.49. The highest BCUT2D eigenvalue weighted by Gasteiger charge is 2.21. The smallest absolute Gasteiger partial charge is 0.243 e. The molecule has 0 radical (unpaired) electrons. The van der Waals surface area contributed by atoms with E-state index in [0.717, 1.165) is 19.3 Å². The van der Waals surface area contributed by atoms with Crippen molar-refractivity contribution in [1.82, 2.24) is 15.5 Å². The molecule has 4 N–H and O–H groups in total. The molecule has 0 unspecified atom stereocenters. The van der Waals surface area contributed by atoms with Crippen LogP contribution in [-0.4, -0.2) is 39.2 Å². The maximum Gasteiger partial charge on any atom is 0.243 e.